The Hall–Kier alpha value is -3.09. The van der Waals surface area contributed by atoms with Gasteiger partial charge in [-0.3, -0.25) is 4.79 Å². The molecule has 0 unspecified atom stereocenters. The SMILES string of the molecule is CCOc1cc(C(=S)N2CCC(Cc3ccccc3)CC2)ccc1OCC(=O)Nc1cc(Cl)ccc1C. The normalized spacial score (nSPS) is 13.8. The summed E-state index contributed by atoms with van der Waals surface area (Å²) in [5, 5.41) is 3.41. The maximum atomic E-state index is 12.5. The highest BCUT2D eigenvalue weighted by atomic mass is 35.5. The molecule has 5 nitrogen and oxygen atoms in total. The lowest BCUT2D eigenvalue weighted by atomic mass is 9.90. The molecule has 0 bridgehead atoms. The van der Waals surface area contributed by atoms with E-state index in [-0.39, 0.29) is 12.5 Å². The van der Waals surface area contributed by atoms with E-state index in [0.29, 0.717) is 34.7 Å². The Kier molecular flexibility index (Phi) is 9.42. The minimum absolute atomic E-state index is 0.148. The Morgan fingerprint density at radius 2 is 1.78 bits per heavy atom. The molecule has 194 valence electrons. The highest BCUT2D eigenvalue weighted by Crippen LogP contribution is 2.31. The maximum Gasteiger partial charge on any atom is 0.262 e. The minimum Gasteiger partial charge on any atom is -0.490 e. The summed E-state index contributed by atoms with van der Waals surface area (Å²) < 4.78 is 11.6. The van der Waals surface area contributed by atoms with Crippen LogP contribution in [-0.4, -0.2) is 42.1 Å². The summed E-state index contributed by atoms with van der Waals surface area (Å²) in [6.07, 6.45) is 3.36. The van der Waals surface area contributed by atoms with Crippen LogP contribution >= 0.6 is 23.8 Å². The third kappa shape index (κ3) is 7.46. The van der Waals surface area contributed by atoms with Crippen molar-refractivity contribution in [3.8, 4) is 11.5 Å². The van der Waals surface area contributed by atoms with Gasteiger partial charge in [-0.05, 0) is 80.5 Å². The quantitative estimate of drug-likeness (QED) is 0.308. The zero-order valence-corrected chi connectivity index (χ0v) is 22.9. The van der Waals surface area contributed by atoms with Gasteiger partial charge >= 0.3 is 0 Å². The van der Waals surface area contributed by atoms with E-state index in [1.54, 1.807) is 12.1 Å². The summed E-state index contributed by atoms with van der Waals surface area (Å²) in [7, 11) is 0. The third-order valence-electron chi connectivity index (χ3n) is 6.59. The number of ether oxygens (including phenoxy) is 2. The Morgan fingerprint density at radius 3 is 2.51 bits per heavy atom. The van der Waals surface area contributed by atoms with Crippen LogP contribution in [0.25, 0.3) is 0 Å². The Bertz CT molecular complexity index is 1230. The lowest BCUT2D eigenvalue weighted by Gasteiger charge is -2.34. The number of nitrogens with zero attached hydrogens (tertiary/aromatic N) is 1. The highest BCUT2D eigenvalue weighted by molar-refractivity contribution is 7.80. The number of piperidine rings is 1. The van der Waals surface area contributed by atoms with Gasteiger partial charge in [0.2, 0.25) is 0 Å². The second-order valence-corrected chi connectivity index (χ2v) is 10.1. The zero-order chi connectivity index (χ0) is 26.2. The Balaban J connectivity index is 1.34. The van der Waals surface area contributed by atoms with Gasteiger partial charge in [0.05, 0.1) is 6.61 Å². The average Bonchev–Trinajstić information content (AvgIpc) is 2.91. The van der Waals surface area contributed by atoms with Crippen LogP contribution in [0, 0.1) is 12.8 Å². The first-order valence-electron chi connectivity index (χ1n) is 12.7. The molecule has 1 N–H and O–H groups in total. The fourth-order valence-corrected chi connectivity index (χ4v) is 5.04. The van der Waals surface area contributed by atoms with Crippen LogP contribution in [0.4, 0.5) is 5.69 Å². The van der Waals surface area contributed by atoms with Crippen molar-refractivity contribution in [3.05, 3.63) is 88.4 Å². The van der Waals surface area contributed by atoms with Gasteiger partial charge in [0.15, 0.2) is 18.1 Å². The van der Waals surface area contributed by atoms with Crippen LogP contribution in [0.15, 0.2) is 66.7 Å². The van der Waals surface area contributed by atoms with Crippen LogP contribution in [0.5, 0.6) is 11.5 Å². The summed E-state index contributed by atoms with van der Waals surface area (Å²) in [5.41, 5.74) is 3.91. The number of amides is 1. The minimum atomic E-state index is -0.272. The van der Waals surface area contributed by atoms with Crippen LogP contribution in [0.1, 0.15) is 36.5 Å². The van der Waals surface area contributed by atoms with Crippen molar-refractivity contribution >= 4 is 40.4 Å². The fourth-order valence-electron chi connectivity index (χ4n) is 4.56. The smallest absolute Gasteiger partial charge is 0.262 e. The summed E-state index contributed by atoms with van der Waals surface area (Å²) in [6, 6.07) is 21.7. The summed E-state index contributed by atoms with van der Waals surface area (Å²) in [4.78, 5) is 15.6. The molecule has 37 heavy (non-hydrogen) atoms. The van der Waals surface area contributed by atoms with Gasteiger partial charge in [0, 0.05) is 29.4 Å². The molecule has 1 amide bonds. The predicted octanol–water partition coefficient (Wildman–Crippen LogP) is 6.69. The average molecular weight is 537 g/mol. The number of nitrogens with one attached hydrogen (secondary N) is 1. The molecule has 1 heterocycles. The van der Waals surface area contributed by atoms with Crippen molar-refractivity contribution in [1.29, 1.82) is 0 Å². The van der Waals surface area contributed by atoms with Gasteiger partial charge in [-0.25, -0.2) is 0 Å². The van der Waals surface area contributed by atoms with Gasteiger partial charge in [0.25, 0.3) is 5.91 Å². The molecule has 1 aliphatic rings. The topological polar surface area (TPSA) is 50.8 Å². The number of hydrogen-bond acceptors (Lipinski definition) is 4. The molecule has 3 aromatic carbocycles. The second kappa shape index (κ2) is 12.9. The highest BCUT2D eigenvalue weighted by Gasteiger charge is 2.22. The molecule has 0 saturated carbocycles. The lowest BCUT2D eigenvalue weighted by Crippen LogP contribution is -2.38. The number of aryl methyl sites for hydroxylation is 1. The fraction of sp³-hybridized carbons (Fsp3) is 0.333. The number of hydrogen-bond donors (Lipinski definition) is 1. The molecule has 0 spiro atoms. The standard InChI is InChI=1S/C30H33ClN2O3S/c1-3-35-28-18-24(30(37)33-15-13-23(14-16-33)17-22-7-5-4-6-8-22)10-12-27(28)36-20-29(34)32-26-19-25(31)11-9-21(26)2/h4-12,18-19,23H,3,13-17,20H2,1-2H3,(H,32,34). The van der Waals surface area contributed by atoms with E-state index >= 15 is 0 Å². The number of thiocarbonyl (C=S) groups is 1. The van der Waals surface area contributed by atoms with Gasteiger partial charge in [-0.2, -0.15) is 0 Å². The van der Waals surface area contributed by atoms with Crippen LogP contribution in [0.2, 0.25) is 5.02 Å². The summed E-state index contributed by atoms with van der Waals surface area (Å²) in [6.45, 7) is 6.05. The molecule has 4 rings (SSSR count). The lowest BCUT2D eigenvalue weighted by molar-refractivity contribution is -0.118. The number of benzene rings is 3. The number of carbonyl (C=O) groups is 1. The molecule has 1 aliphatic heterocycles. The summed E-state index contributed by atoms with van der Waals surface area (Å²) in [5.74, 6) is 1.49. The van der Waals surface area contributed by atoms with E-state index in [2.05, 4.69) is 40.5 Å². The van der Waals surface area contributed by atoms with Crippen LogP contribution < -0.4 is 14.8 Å². The molecule has 7 heteroatoms. The molecule has 0 radical (unpaired) electrons. The first-order valence-corrected chi connectivity index (χ1v) is 13.5. The number of likely N-dealkylation sites (tertiary alicyclic amines) is 1. The number of rotatable bonds is 9. The van der Waals surface area contributed by atoms with Crippen molar-refractivity contribution in [2.75, 3.05) is 31.6 Å². The third-order valence-corrected chi connectivity index (χ3v) is 7.32. The molecular weight excluding hydrogens is 504 g/mol. The van der Waals surface area contributed by atoms with Crippen molar-refractivity contribution in [2.24, 2.45) is 5.92 Å². The molecule has 0 aromatic heterocycles. The largest absolute Gasteiger partial charge is 0.490 e. The number of halogens is 1. The van der Waals surface area contributed by atoms with Crippen molar-refractivity contribution in [2.45, 2.75) is 33.1 Å². The monoisotopic (exact) mass is 536 g/mol. The van der Waals surface area contributed by atoms with Gasteiger partial charge in [0.1, 0.15) is 4.99 Å². The van der Waals surface area contributed by atoms with Gasteiger partial charge in [-0.15, -0.1) is 0 Å². The zero-order valence-electron chi connectivity index (χ0n) is 21.3. The molecule has 1 fully saturated rings. The van der Waals surface area contributed by atoms with E-state index in [1.165, 1.54) is 5.56 Å². The number of carbonyl (C=O) groups excluding carboxylic acids is 1. The second-order valence-electron chi connectivity index (χ2n) is 9.32. The van der Waals surface area contributed by atoms with Crippen molar-refractivity contribution < 1.29 is 14.3 Å². The molecule has 0 atom stereocenters. The van der Waals surface area contributed by atoms with E-state index in [0.717, 1.165) is 48.5 Å². The van der Waals surface area contributed by atoms with Crippen LogP contribution in [-0.2, 0) is 11.2 Å². The molecular formula is C30H33ClN2O3S. The Morgan fingerprint density at radius 1 is 1.03 bits per heavy atom. The molecule has 3 aromatic rings. The first-order chi connectivity index (χ1) is 17.9. The summed E-state index contributed by atoms with van der Waals surface area (Å²) >= 11 is 11.9. The van der Waals surface area contributed by atoms with Crippen molar-refractivity contribution in [3.63, 3.8) is 0 Å². The van der Waals surface area contributed by atoms with Crippen LogP contribution in [0.3, 0.4) is 0 Å². The van der Waals surface area contributed by atoms with E-state index in [1.807, 2.05) is 38.1 Å². The molecule has 1 saturated heterocycles. The Labute approximate surface area is 229 Å². The first kappa shape index (κ1) is 27.0. The van der Waals surface area contributed by atoms with E-state index in [4.69, 9.17) is 33.3 Å². The van der Waals surface area contributed by atoms with Crippen molar-refractivity contribution in [1.82, 2.24) is 4.90 Å². The maximum absolute atomic E-state index is 12.5. The number of anilines is 1. The van der Waals surface area contributed by atoms with E-state index < -0.39 is 0 Å². The van der Waals surface area contributed by atoms with Gasteiger partial charge < -0.3 is 19.7 Å². The predicted molar refractivity (Wildman–Crippen MR) is 154 cm³/mol. The van der Waals surface area contributed by atoms with E-state index in [9.17, 15) is 4.79 Å². The van der Waals surface area contributed by atoms with Gasteiger partial charge in [-0.1, -0.05) is 60.2 Å². The molecule has 0 aliphatic carbocycles.